The lowest BCUT2D eigenvalue weighted by Gasteiger charge is -2.10. The summed E-state index contributed by atoms with van der Waals surface area (Å²) in [4.78, 5) is 11.9. The lowest BCUT2D eigenvalue weighted by atomic mass is 10.1. The number of carbonyl (C=O) groups excluding carboxylic acids is 1. The number of para-hydroxylation sites is 1. The Hall–Kier alpha value is -2.49. The van der Waals surface area contributed by atoms with Gasteiger partial charge in [0.2, 0.25) is 5.91 Å². The van der Waals surface area contributed by atoms with Crippen molar-refractivity contribution in [1.82, 2.24) is 5.32 Å². The summed E-state index contributed by atoms with van der Waals surface area (Å²) in [6.45, 7) is 3.32. The van der Waals surface area contributed by atoms with Crippen molar-refractivity contribution in [3.05, 3.63) is 59.7 Å². The molecular weight excluding hydrogens is 288 g/mol. The topological polar surface area (TPSA) is 50.4 Å². The Balaban J connectivity index is 1.66. The number of hydrogen-bond donors (Lipinski definition) is 2. The fraction of sp³-hybridized carbons (Fsp3) is 0.316. The number of carbonyl (C=O) groups is 1. The molecule has 0 fully saturated rings. The van der Waals surface area contributed by atoms with Gasteiger partial charge in [0.15, 0.2) is 0 Å². The van der Waals surface area contributed by atoms with Crippen molar-refractivity contribution in [3.63, 3.8) is 0 Å². The van der Waals surface area contributed by atoms with E-state index < -0.39 is 0 Å². The summed E-state index contributed by atoms with van der Waals surface area (Å²) < 4.78 is 5.19. The number of rotatable bonds is 8. The molecule has 0 aliphatic rings. The Morgan fingerprint density at radius 3 is 2.70 bits per heavy atom. The Kier molecular flexibility index (Phi) is 6.48. The van der Waals surface area contributed by atoms with Gasteiger partial charge in [-0.15, -0.1) is 0 Å². The fourth-order valence-corrected chi connectivity index (χ4v) is 2.34. The molecule has 2 N–H and O–H groups in total. The van der Waals surface area contributed by atoms with E-state index in [9.17, 15) is 4.79 Å². The summed E-state index contributed by atoms with van der Waals surface area (Å²) in [5.74, 6) is 0.908. The van der Waals surface area contributed by atoms with Crippen LogP contribution in [-0.4, -0.2) is 26.1 Å². The predicted molar refractivity (Wildman–Crippen MR) is 94.0 cm³/mol. The maximum atomic E-state index is 11.9. The van der Waals surface area contributed by atoms with Crippen molar-refractivity contribution in [1.29, 1.82) is 0 Å². The van der Waals surface area contributed by atoms with Crippen molar-refractivity contribution in [3.8, 4) is 5.75 Å². The van der Waals surface area contributed by atoms with Crippen LogP contribution in [0.3, 0.4) is 0 Å². The van der Waals surface area contributed by atoms with Crippen LogP contribution in [-0.2, 0) is 11.2 Å². The molecule has 2 aromatic rings. The molecule has 0 saturated heterocycles. The van der Waals surface area contributed by atoms with Crippen LogP contribution in [0.5, 0.6) is 5.75 Å². The first-order chi connectivity index (χ1) is 11.2. The molecule has 0 aliphatic carbocycles. The number of aryl methyl sites for hydroxylation is 1. The monoisotopic (exact) mass is 312 g/mol. The fourth-order valence-electron chi connectivity index (χ4n) is 2.34. The number of hydrogen-bond acceptors (Lipinski definition) is 3. The maximum absolute atomic E-state index is 11.9. The molecule has 0 saturated carbocycles. The normalized spacial score (nSPS) is 10.2. The molecule has 4 nitrogen and oxygen atoms in total. The SMILES string of the molecule is COc1cccc(CCNC(=O)CCNc2ccccc2C)c1. The highest BCUT2D eigenvalue weighted by Gasteiger charge is 2.02. The minimum atomic E-state index is 0.0639. The molecule has 0 atom stereocenters. The Bertz CT molecular complexity index is 641. The molecule has 0 spiro atoms. The molecule has 0 heterocycles. The highest BCUT2D eigenvalue weighted by Crippen LogP contribution is 2.13. The minimum absolute atomic E-state index is 0.0639. The molecule has 0 radical (unpaired) electrons. The van der Waals surface area contributed by atoms with E-state index in [0.717, 1.165) is 23.4 Å². The predicted octanol–water partition coefficient (Wildman–Crippen LogP) is 3.16. The van der Waals surface area contributed by atoms with Gasteiger partial charge in [-0.1, -0.05) is 30.3 Å². The van der Waals surface area contributed by atoms with Gasteiger partial charge < -0.3 is 15.4 Å². The van der Waals surface area contributed by atoms with E-state index in [4.69, 9.17) is 4.74 Å². The number of methoxy groups -OCH3 is 1. The van der Waals surface area contributed by atoms with Gasteiger partial charge in [0, 0.05) is 25.2 Å². The number of amides is 1. The van der Waals surface area contributed by atoms with Gasteiger partial charge >= 0.3 is 0 Å². The lowest BCUT2D eigenvalue weighted by molar-refractivity contribution is -0.120. The summed E-state index contributed by atoms with van der Waals surface area (Å²) in [6.07, 6.45) is 1.26. The van der Waals surface area contributed by atoms with Gasteiger partial charge in [0.1, 0.15) is 5.75 Å². The largest absolute Gasteiger partial charge is 0.497 e. The maximum Gasteiger partial charge on any atom is 0.221 e. The number of ether oxygens (including phenoxy) is 1. The zero-order valence-corrected chi connectivity index (χ0v) is 13.8. The first-order valence-corrected chi connectivity index (χ1v) is 7.88. The van der Waals surface area contributed by atoms with E-state index in [1.807, 2.05) is 42.5 Å². The van der Waals surface area contributed by atoms with E-state index in [0.29, 0.717) is 19.5 Å². The first kappa shape index (κ1) is 16.9. The van der Waals surface area contributed by atoms with Gasteiger partial charge in [-0.05, 0) is 42.7 Å². The highest BCUT2D eigenvalue weighted by atomic mass is 16.5. The van der Waals surface area contributed by atoms with Gasteiger partial charge in [0.25, 0.3) is 0 Å². The minimum Gasteiger partial charge on any atom is -0.497 e. The smallest absolute Gasteiger partial charge is 0.221 e. The Morgan fingerprint density at radius 1 is 1.09 bits per heavy atom. The molecular formula is C19H24N2O2. The average Bonchev–Trinajstić information content (AvgIpc) is 2.57. The van der Waals surface area contributed by atoms with Gasteiger partial charge in [-0.3, -0.25) is 4.79 Å². The molecule has 0 bridgehead atoms. The molecule has 23 heavy (non-hydrogen) atoms. The van der Waals surface area contributed by atoms with E-state index in [1.165, 1.54) is 5.56 Å². The molecule has 122 valence electrons. The number of benzene rings is 2. The molecule has 0 unspecified atom stereocenters. The van der Waals surface area contributed by atoms with Crippen molar-refractivity contribution in [2.45, 2.75) is 19.8 Å². The summed E-state index contributed by atoms with van der Waals surface area (Å²) in [5.41, 5.74) is 3.42. The van der Waals surface area contributed by atoms with E-state index in [2.05, 4.69) is 23.6 Å². The molecule has 4 heteroatoms. The summed E-state index contributed by atoms with van der Waals surface area (Å²) in [5, 5.41) is 6.24. The summed E-state index contributed by atoms with van der Waals surface area (Å²) >= 11 is 0. The van der Waals surface area contributed by atoms with Crippen molar-refractivity contribution in [2.75, 3.05) is 25.5 Å². The van der Waals surface area contributed by atoms with Crippen LogP contribution in [0, 0.1) is 6.92 Å². The van der Waals surface area contributed by atoms with Crippen LogP contribution < -0.4 is 15.4 Å². The third-order valence-corrected chi connectivity index (χ3v) is 3.68. The Morgan fingerprint density at radius 2 is 1.91 bits per heavy atom. The molecule has 2 rings (SSSR count). The van der Waals surface area contributed by atoms with Gasteiger partial charge in [-0.2, -0.15) is 0 Å². The van der Waals surface area contributed by atoms with E-state index in [-0.39, 0.29) is 5.91 Å². The molecule has 0 aliphatic heterocycles. The third kappa shape index (κ3) is 5.66. The van der Waals surface area contributed by atoms with Gasteiger partial charge in [0.05, 0.1) is 7.11 Å². The number of anilines is 1. The second-order valence-electron chi connectivity index (χ2n) is 5.44. The summed E-state index contributed by atoms with van der Waals surface area (Å²) in [6, 6.07) is 16.0. The standard InChI is InChI=1S/C19H24N2O2/c1-15-6-3-4-9-18(15)20-13-11-19(22)21-12-10-16-7-5-8-17(14-16)23-2/h3-9,14,20H,10-13H2,1-2H3,(H,21,22). The van der Waals surface area contributed by atoms with E-state index >= 15 is 0 Å². The third-order valence-electron chi connectivity index (χ3n) is 3.68. The van der Waals surface area contributed by atoms with Crippen molar-refractivity contribution < 1.29 is 9.53 Å². The molecule has 1 amide bonds. The van der Waals surface area contributed by atoms with Crippen LogP contribution >= 0.6 is 0 Å². The van der Waals surface area contributed by atoms with Gasteiger partial charge in [-0.25, -0.2) is 0 Å². The molecule has 0 aromatic heterocycles. The van der Waals surface area contributed by atoms with E-state index in [1.54, 1.807) is 7.11 Å². The Labute approximate surface area is 137 Å². The van der Waals surface area contributed by atoms with Crippen LogP contribution in [0.4, 0.5) is 5.69 Å². The first-order valence-electron chi connectivity index (χ1n) is 7.88. The second-order valence-corrected chi connectivity index (χ2v) is 5.44. The zero-order chi connectivity index (χ0) is 16.5. The summed E-state index contributed by atoms with van der Waals surface area (Å²) in [7, 11) is 1.66. The van der Waals surface area contributed by atoms with Crippen molar-refractivity contribution >= 4 is 11.6 Å². The van der Waals surface area contributed by atoms with Crippen molar-refractivity contribution in [2.24, 2.45) is 0 Å². The van der Waals surface area contributed by atoms with Crippen LogP contribution in [0.15, 0.2) is 48.5 Å². The second kappa shape index (κ2) is 8.83. The highest BCUT2D eigenvalue weighted by molar-refractivity contribution is 5.76. The zero-order valence-electron chi connectivity index (χ0n) is 13.8. The molecule has 2 aromatic carbocycles. The quantitative estimate of drug-likeness (QED) is 0.787. The van der Waals surface area contributed by atoms with Crippen LogP contribution in [0.25, 0.3) is 0 Å². The average molecular weight is 312 g/mol. The van der Waals surface area contributed by atoms with Crippen LogP contribution in [0.2, 0.25) is 0 Å². The lowest BCUT2D eigenvalue weighted by Crippen LogP contribution is -2.27. The number of nitrogens with one attached hydrogen (secondary N) is 2. The van der Waals surface area contributed by atoms with Crippen LogP contribution in [0.1, 0.15) is 17.5 Å².